The molecule has 3 nitrogen and oxygen atoms in total. The highest BCUT2D eigenvalue weighted by atomic mass is 16.5. The van der Waals surface area contributed by atoms with Gasteiger partial charge in [0.1, 0.15) is 17.9 Å². The monoisotopic (exact) mass is 258 g/mol. The van der Waals surface area contributed by atoms with Crippen molar-refractivity contribution >= 4 is 0 Å². The summed E-state index contributed by atoms with van der Waals surface area (Å²) in [5, 5.41) is 9.06. The second kappa shape index (κ2) is 5.63. The molecule has 0 aromatic heterocycles. The van der Waals surface area contributed by atoms with E-state index < -0.39 is 0 Å². The van der Waals surface area contributed by atoms with E-state index in [4.69, 9.17) is 10.00 Å². The molecule has 1 saturated heterocycles. The number of benzene rings is 1. The number of nitrogens with zero attached hydrogens (tertiary/aromatic N) is 2. The van der Waals surface area contributed by atoms with E-state index in [1.165, 1.54) is 0 Å². The van der Waals surface area contributed by atoms with E-state index in [0.717, 1.165) is 31.7 Å². The highest BCUT2D eigenvalue weighted by molar-refractivity contribution is 5.42. The maximum atomic E-state index is 9.06. The Bertz CT molecular complexity index is 462. The summed E-state index contributed by atoms with van der Waals surface area (Å²) in [7, 11) is 0. The van der Waals surface area contributed by atoms with Crippen LogP contribution in [0.1, 0.15) is 39.2 Å². The molecule has 2 rings (SSSR count). The van der Waals surface area contributed by atoms with Crippen LogP contribution >= 0.6 is 0 Å². The molecule has 0 unspecified atom stereocenters. The summed E-state index contributed by atoms with van der Waals surface area (Å²) < 4.78 is 5.99. The lowest BCUT2D eigenvalue weighted by Crippen LogP contribution is -2.48. The minimum atomic E-state index is 0.230. The average molecular weight is 258 g/mol. The van der Waals surface area contributed by atoms with Crippen LogP contribution in [0, 0.1) is 11.3 Å². The van der Waals surface area contributed by atoms with E-state index >= 15 is 0 Å². The molecule has 1 aliphatic heterocycles. The van der Waals surface area contributed by atoms with Crippen molar-refractivity contribution in [1.29, 1.82) is 5.26 Å². The van der Waals surface area contributed by atoms with E-state index in [0.29, 0.717) is 5.56 Å². The average Bonchev–Trinajstić information content (AvgIpc) is 2.39. The predicted molar refractivity (Wildman–Crippen MR) is 76.1 cm³/mol. The van der Waals surface area contributed by atoms with Crippen LogP contribution in [0.15, 0.2) is 24.3 Å². The van der Waals surface area contributed by atoms with Gasteiger partial charge in [0.05, 0.1) is 5.56 Å². The number of likely N-dealkylation sites (tertiary alicyclic amines) is 1. The fraction of sp³-hybridized carbons (Fsp3) is 0.562. The Labute approximate surface area is 115 Å². The van der Waals surface area contributed by atoms with Crippen molar-refractivity contribution in [3.8, 4) is 11.8 Å². The lowest BCUT2D eigenvalue weighted by atomic mass is 9.99. The molecule has 0 N–H and O–H groups in total. The maximum Gasteiger partial charge on any atom is 0.137 e. The van der Waals surface area contributed by atoms with Gasteiger partial charge in [0.15, 0.2) is 0 Å². The Hall–Kier alpha value is -1.53. The van der Waals surface area contributed by atoms with Crippen molar-refractivity contribution in [3.05, 3.63) is 29.8 Å². The smallest absolute Gasteiger partial charge is 0.137 e. The van der Waals surface area contributed by atoms with Gasteiger partial charge >= 0.3 is 0 Å². The lowest BCUT2D eigenvalue weighted by Gasteiger charge is -2.40. The van der Waals surface area contributed by atoms with Crippen LogP contribution in [0.4, 0.5) is 0 Å². The molecule has 19 heavy (non-hydrogen) atoms. The summed E-state index contributed by atoms with van der Waals surface area (Å²) in [4.78, 5) is 2.49. The van der Waals surface area contributed by atoms with Crippen LogP contribution in [0.5, 0.6) is 5.75 Å². The molecule has 1 aromatic carbocycles. The molecule has 1 aromatic rings. The van der Waals surface area contributed by atoms with Gasteiger partial charge in [-0.2, -0.15) is 5.26 Å². The highest BCUT2D eigenvalue weighted by Gasteiger charge is 2.27. The minimum absolute atomic E-state index is 0.230. The van der Waals surface area contributed by atoms with Gasteiger partial charge in [0.2, 0.25) is 0 Å². The zero-order chi connectivity index (χ0) is 13.9. The molecule has 0 amide bonds. The second-order valence-corrected chi connectivity index (χ2v) is 6.08. The van der Waals surface area contributed by atoms with Crippen LogP contribution in [-0.4, -0.2) is 29.6 Å². The molecule has 1 fully saturated rings. The van der Waals surface area contributed by atoms with Gasteiger partial charge in [-0.25, -0.2) is 0 Å². The number of rotatable bonds is 2. The quantitative estimate of drug-likeness (QED) is 0.817. The molecular formula is C16H22N2O. The molecule has 0 atom stereocenters. The Kier molecular flexibility index (Phi) is 4.11. The first-order valence-electron chi connectivity index (χ1n) is 6.91. The van der Waals surface area contributed by atoms with Gasteiger partial charge in [-0.3, -0.25) is 4.90 Å². The summed E-state index contributed by atoms with van der Waals surface area (Å²) in [6.07, 6.45) is 2.28. The molecule has 0 spiro atoms. The first-order valence-corrected chi connectivity index (χ1v) is 6.91. The standard InChI is InChI=1S/C16H22N2O/c1-16(2,3)18-10-8-14(9-11-18)19-15-7-5-4-6-13(15)12-17/h4-7,14H,8-11H2,1-3H3. The molecule has 0 saturated carbocycles. The van der Waals surface area contributed by atoms with Gasteiger partial charge in [0.25, 0.3) is 0 Å². The number of ether oxygens (including phenoxy) is 1. The Balaban J connectivity index is 1.95. The summed E-state index contributed by atoms with van der Waals surface area (Å²) in [5.74, 6) is 0.721. The van der Waals surface area contributed by atoms with Crippen molar-refractivity contribution in [2.45, 2.75) is 45.3 Å². The van der Waals surface area contributed by atoms with Gasteiger partial charge in [-0.1, -0.05) is 12.1 Å². The first-order chi connectivity index (χ1) is 9.00. The third-order valence-corrected chi connectivity index (χ3v) is 3.69. The van der Waals surface area contributed by atoms with E-state index in [1.807, 2.05) is 18.2 Å². The van der Waals surface area contributed by atoms with Crippen LogP contribution < -0.4 is 4.74 Å². The summed E-state index contributed by atoms with van der Waals surface area (Å²) in [5.41, 5.74) is 0.857. The Morgan fingerprint density at radius 1 is 1.21 bits per heavy atom. The van der Waals surface area contributed by atoms with Gasteiger partial charge in [-0.05, 0) is 45.7 Å². The van der Waals surface area contributed by atoms with Crippen molar-refractivity contribution in [2.24, 2.45) is 0 Å². The molecule has 1 heterocycles. The first kappa shape index (κ1) is 13.9. The minimum Gasteiger partial charge on any atom is -0.489 e. The van der Waals surface area contributed by atoms with Crippen LogP contribution in [0.2, 0.25) is 0 Å². The molecule has 0 radical (unpaired) electrons. The van der Waals surface area contributed by atoms with Crippen molar-refractivity contribution in [1.82, 2.24) is 4.90 Å². The van der Waals surface area contributed by atoms with E-state index in [1.54, 1.807) is 6.07 Å². The summed E-state index contributed by atoms with van der Waals surface area (Å²) >= 11 is 0. The molecule has 102 valence electrons. The van der Waals surface area contributed by atoms with Crippen LogP contribution in [-0.2, 0) is 0 Å². The van der Waals surface area contributed by atoms with Crippen LogP contribution in [0.3, 0.4) is 0 Å². The largest absolute Gasteiger partial charge is 0.489 e. The van der Waals surface area contributed by atoms with Crippen LogP contribution in [0.25, 0.3) is 0 Å². The maximum absolute atomic E-state index is 9.06. The van der Waals surface area contributed by atoms with E-state index in [-0.39, 0.29) is 11.6 Å². The van der Waals surface area contributed by atoms with Crippen molar-refractivity contribution < 1.29 is 4.74 Å². The third kappa shape index (κ3) is 3.48. The van der Waals surface area contributed by atoms with E-state index in [2.05, 4.69) is 31.7 Å². The lowest BCUT2D eigenvalue weighted by molar-refractivity contribution is 0.0490. The summed E-state index contributed by atoms with van der Waals surface area (Å²) in [6, 6.07) is 9.66. The van der Waals surface area contributed by atoms with Crippen molar-refractivity contribution in [3.63, 3.8) is 0 Å². The molecule has 0 aliphatic carbocycles. The predicted octanol–water partition coefficient (Wildman–Crippen LogP) is 3.20. The summed E-state index contributed by atoms with van der Waals surface area (Å²) in [6.45, 7) is 8.86. The molecule has 0 bridgehead atoms. The SMILES string of the molecule is CC(C)(C)N1CCC(Oc2ccccc2C#N)CC1. The van der Waals surface area contributed by atoms with Gasteiger partial charge in [0, 0.05) is 18.6 Å². The third-order valence-electron chi connectivity index (χ3n) is 3.69. The van der Waals surface area contributed by atoms with Gasteiger partial charge < -0.3 is 4.74 Å². The zero-order valence-electron chi connectivity index (χ0n) is 12.0. The highest BCUT2D eigenvalue weighted by Crippen LogP contribution is 2.25. The fourth-order valence-corrected chi connectivity index (χ4v) is 2.49. The van der Waals surface area contributed by atoms with Crippen molar-refractivity contribution in [2.75, 3.05) is 13.1 Å². The molecular weight excluding hydrogens is 236 g/mol. The Morgan fingerprint density at radius 3 is 2.42 bits per heavy atom. The second-order valence-electron chi connectivity index (χ2n) is 6.08. The fourth-order valence-electron chi connectivity index (χ4n) is 2.49. The number of hydrogen-bond donors (Lipinski definition) is 0. The molecule has 3 heteroatoms. The van der Waals surface area contributed by atoms with E-state index in [9.17, 15) is 0 Å². The molecule has 1 aliphatic rings. The topological polar surface area (TPSA) is 36.3 Å². The normalized spacial score (nSPS) is 18.0. The van der Waals surface area contributed by atoms with Gasteiger partial charge in [-0.15, -0.1) is 0 Å². The Morgan fingerprint density at radius 2 is 1.84 bits per heavy atom. The number of piperidine rings is 1. The number of nitriles is 1. The number of hydrogen-bond acceptors (Lipinski definition) is 3. The zero-order valence-corrected chi connectivity index (χ0v) is 12.0. The number of para-hydroxylation sites is 1.